The number of nitrogens with one attached hydrogen (secondary N) is 1. The fraction of sp³-hybridized carbons (Fsp3) is 0.700. The minimum absolute atomic E-state index is 0.000774. The second kappa shape index (κ2) is 4.55. The summed E-state index contributed by atoms with van der Waals surface area (Å²) >= 11 is 0. The number of aromatic nitrogens is 1. The van der Waals surface area contributed by atoms with E-state index in [1.54, 1.807) is 6.20 Å². The van der Waals surface area contributed by atoms with Crippen molar-refractivity contribution in [3.8, 4) is 0 Å². The van der Waals surface area contributed by atoms with Crippen LogP contribution in [-0.2, 0) is 16.3 Å². The molecule has 0 aromatic carbocycles. The Bertz CT molecular complexity index is 452. The zero-order chi connectivity index (χ0) is 11.6. The van der Waals surface area contributed by atoms with Crippen LogP contribution in [-0.4, -0.2) is 38.5 Å². The van der Waals surface area contributed by atoms with Crippen LogP contribution in [0.1, 0.15) is 24.0 Å². The molecule has 90 valence electrons. The molecule has 2 rings (SSSR count). The number of nitrogens with zero attached hydrogens (tertiary/aromatic N) is 1. The third-order valence-corrected chi connectivity index (χ3v) is 4.56. The van der Waals surface area contributed by atoms with Crippen molar-refractivity contribution >= 4 is 9.84 Å². The molecule has 0 saturated carbocycles. The number of rotatable bonds is 4. The second-order valence-corrected chi connectivity index (χ2v) is 6.34. The van der Waals surface area contributed by atoms with Gasteiger partial charge in [-0.15, -0.1) is 0 Å². The zero-order valence-corrected chi connectivity index (χ0v) is 10.1. The van der Waals surface area contributed by atoms with Crippen LogP contribution in [0, 0.1) is 0 Å². The van der Waals surface area contributed by atoms with Crippen LogP contribution in [0.3, 0.4) is 0 Å². The van der Waals surface area contributed by atoms with Crippen molar-refractivity contribution in [2.75, 3.05) is 25.1 Å². The van der Waals surface area contributed by atoms with Gasteiger partial charge in [-0.2, -0.15) is 0 Å². The van der Waals surface area contributed by atoms with Crippen molar-refractivity contribution in [1.82, 2.24) is 10.3 Å². The second-order valence-electron chi connectivity index (χ2n) is 4.11. The molecule has 0 radical (unpaired) electrons. The number of hydrogen-bond acceptors (Lipinski definition) is 5. The van der Waals surface area contributed by atoms with Crippen molar-refractivity contribution in [2.24, 2.45) is 0 Å². The third kappa shape index (κ3) is 2.62. The highest BCUT2D eigenvalue weighted by molar-refractivity contribution is 7.91. The van der Waals surface area contributed by atoms with Gasteiger partial charge in [-0.25, -0.2) is 13.4 Å². The maximum absolute atomic E-state index is 11.3. The lowest BCUT2D eigenvalue weighted by Crippen LogP contribution is -2.10. The van der Waals surface area contributed by atoms with Crippen molar-refractivity contribution in [3.63, 3.8) is 0 Å². The van der Waals surface area contributed by atoms with Crippen LogP contribution < -0.4 is 5.32 Å². The molecule has 0 aliphatic carbocycles. The van der Waals surface area contributed by atoms with Gasteiger partial charge in [0.1, 0.15) is 5.76 Å². The van der Waals surface area contributed by atoms with Gasteiger partial charge in [-0.05, 0) is 13.5 Å². The summed E-state index contributed by atoms with van der Waals surface area (Å²) in [5, 5.41) is 3.01. The van der Waals surface area contributed by atoms with Gasteiger partial charge in [0.25, 0.3) is 0 Å². The van der Waals surface area contributed by atoms with Gasteiger partial charge in [0, 0.05) is 18.9 Å². The summed E-state index contributed by atoms with van der Waals surface area (Å²) in [6.07, 6.45) is 3.05. The Morgan fingerprint density at radius 2 is 2.44 bits per heavy atom. The SMILES string of the molecule is CNCCc1ncc(C2CCS(=O)(=O)C2)o1. The lowest BCUT2D eigenvalue weighted by molar-refractivity contribution is 0.430. The number of oxazole rings is 1. The summed E-state index contributed by atoms with van der Waals surface area (Å²) in [7, 11) is -0.983. The molecule has 6 heteroatoms. The molecule has 1 aliphatic heterocycles. The molecule has 0 spiro atoms. The van der Waals surface area contributed by atoms with E-state index in [-0.39, 0.29) is 17.4 Å². The molecule has 1 atom stereocenters. The lowest BCUT2D eigenvalue weighted by Gasteiger charge is -2.01. The minimum atomic E-state index is -2.85. The normalized spacial score (nSPS) is 23.7. The Balaban J connectivity index is 2.02. The third-order valence-electron chi connectivity index (χ3n) is 2.80. The van der Waals surface area contributed by atoms with E-state index in [1.807, 2.05) is 7.05 Å². The standard InChI is InChI=1S/C10H16N2O3S/c1-11-4-2-10-12-6-9(15-10)8-3-5-16(13,14)7-8/h6,8,11H,2-5,7H2,1H3. The highest BCUT2D eigenvalue weighted by Gasteiger charge is 2.31. The highest BCUT2D eigenvalue weighted by atomic mass is 32.2. The first-order chi connectivity index (χ1) is 7.61. The monoisotopic (exact) mass is 244 g/mol. The van der Waals surface area contributed by atoms with Crippen LogP contribution in [0.5, 0.6) is 0 Å². The average Bonchev–Trinajstić information content (AvgIpc) is 2.81. The Labute approximate surface area is 95.2 Å². The predicted octanol–water partition coefficient (Wildman–Crippen LogP) is 0.339. The molecule has 1 aliphatic rings. The fourth-order valence-electron chi connectivity index (χ4n) is 1.88. The van der Waals surface area contributed by atoms with Gasteiger partial charge < -0.3 is 9.73 Å². The van der Waals surface area contributed by atoms with E-state index in [4.69, 9.17) is 4.42 Å². The van der Waals surface area contributed by atoms with Crippen molar-refractivity contribution in [2.45, 2.75) is 18.8 Å². The molecule has 1 saturated heterocycles. The van der Waals surface area contributed by atoms with E-state index in [9.17, 15) is 8.42 Å². The molecule has 1 N–H and O–H groups in total. The summed E-state index contributed by atoms with van der Waals surface area (Å²) in [4.78, 5) is 4.14. The first kappa shape index (κ1) is 11.6. The highest BCUT2D eigenvalue weighted by Crippen LogP contribution is 2.29. The summed E-state index contributed by atoms with van der Waals surface area (Å²) in [6, 6.07) is 0. The van der Waals surface area contributed by atoms with Gasteiger partial charge >= 0.3 is 0 Å². The van der Waals surface area contributed by atoms with Gasteiger partial charge in [0.05, 0.1) is 17.7 Å². The Hall–Kier alpha value is -0.880. The number of hydrogen-bond donors (Lipinski definition) is 1. The van der Waals surface area contributed by atoms with Crippen LogP contribution in [0.4, 0.5) is 0 Å². The van der Waals surface area contributed by atoms with Gasteiger partial charge in [0.15, 0.2) is 15.7 Å². The zero-order valence-electron chi connectivity index (χ0n) is 9.27. The van der Waals surface area contributed by atoms with Crippen LogP contribution in [0.2, 0.25) is 0 Å². The van der Waals surface area contributed by atoms with Gasteiger partial charge in [0.2, 0.25) is 0 Å². The molecular weight excluding hydrogens is 228 g/mol. The van der Waals surface area contributed by atoms with E-state index in [2.05, 4.69) is 10.3 Å². The minimum Gasteiger partial charge on any atom is -0.445 e. The van der Waals surface area contributed by atoms with E-state index in [0.29, 0.717) is 18.1 Å². The number of likely N-dealkylation sites (N-methyl/N-ethyl adjacent to an activating group) is 1. The van der Waals surface area contributed by atoms with Gasteiger partial charge in [-0.1, -0.05) is 0 Å². The first-order valence-corrected chi connectivity index (χ1v) is 7.22. The molecule has 5 nitrogen and oxygen atoms in total. The largest absolute Gasteiger partial charge is 0.445 e. The molecule has 1 unspecified atom stereocenters. The van der Waals surface area contributed by atoms with Crippen LogP contribution in [0.25, 0.3) is 0 Å². The van der Waals surface area contributed by atoms with Crippen LogP contribution >= 0.6 is 0 Å². The lowest BCUT2D eigenvalue weighted by atomic mass is 10.1. The topological polar surface area (TPSA) is 72.2 Å². The summed E-state index contributed by atoms with van der Waals surface area (Å²) in [5.74, 6) is 1.86. The molecule has 1 aromatic heterocycles. The first-order valence-electron chi connectivity index (χ1n) is 5.40. The summed E-state index contributed by atoms with van der Waals surface area (Å²) in [5.41, 5.74) is 0. The van der Waals surface area contributed by atoms with E-state index >= 15 is 0 Å². The maximum Gasteiger partial charge on any atom is 0.195 e. The summed E-state index contributed by atoms with van der Waals surface area (Å²) in [6.45, 7) is 0.808. The maximum atomic E-state index is 11.3. The van der Waals surface area contributed by atoms with E-state index < -0.39 is 9.84 Å². The molecule has 16 heavy (non-hydrogen) atoms. The Kier molecular flexibility index (Phi) is 3.30. The van der Waals surface area contributed by atoms with E-state index in [1.165, 1.54) is 0 Å². The molecule has 0 bridgehead atoms. The van der Waals surface area contributed by atoms with Gasteiger partial charge in [-0.3, -0.25) is 0 Å². The Morgan fingerprint density at radius 1 is 1.62 bits per heavy atom. The molecule has 2 heterocycles. The molecule has 1 fully saturated rings. The predicted molar refractivity (Wildman–Crippen MR) is 60.1 cm³/mol. The van der Waals surface area contributed by atoms with Crippen LogP contribution in [0.15, 0.2) is 10.6 Å². The quantitative estimate of drug-likeness (QED) is 0.827. The van der Waals surface area contributed by atoms with E-state index in [0.717, 1.165) is 13.0 Å². The molecular formula is C10H16N2O3S. The van der Waals surface area contributed by atoms with Crippen molar-refractivity contribution in [3.05, 3.63) is 17.8 Å². The van der Waals surface area contributed by atoms with Crippen molar-refractivity contribution < 1.29 is 12.8 Å². The average molecular weight is 244 g/mol. The number of sulfone groups is 1. The smallest absolute Gasteiger partial charge is 0.195 e. The fourth-order valence-corrected chi connectivity index (χ4v) is 3.63. The Morgan fingerprint density at radius 3 is 3.06 bits per heavy atom. The van der Waals surface area contributed by atoms with Crippen molar-refractivity contribution in [1.29, 1.82) is 0 Å². The summed E-state index contributed by atoms with van der Waals surface area (Å²) < 4.78 is 28.2. The molecule has 0 amide bonds. The molecule has 1 aromatic rings.